The molecule has 0 atom stereocenters. The predicted octanol–water partition coefficient (Wildman–Crippen LogP) is 1.58. The van der Waals surface area contributed by atoms with Gasteiger partial charge in [0, 0.05) is 11.1 Å². The molecule has 2 rings (SSSR count). The van der Waals surface area contributed by atoms with Crippen LogP contribution in [-0.2, 0) is 4.79 Å². The molecule has 0 fully saturated rings. The first-order chi connectivity index (χ1) is 12.1. The molecule has 25 heavy (non-hydrogen) atoms. The van der Waals surface area contributed by atoms with Gasteiger partial charge < -0.3 is 14.8 Å². The van der Waals surface area contributed by atoms with Crippen molar-refractivity contribution in [1.82, 2.24) is 10.7 Å². The van der Waals surface area contributed by atoms with Gasteiger partial charge in [0.15, 0.2) is 0 Å². The van der Waals surface area contributed by atoms with Crippen LogP contribution in [0.3, 0.4) is 0 Å². The van der Waals surface area contributed by atoms with Crippen LogP contribution in [0.1, 0.15) is 15.9 Å². The topological polar surface area (TPSA) is 89.0 Å². The summed E-state index contributed by atoms with van der Waals surface area (Å²) in [5, 5.41) is 6.38. The van der Waals surface area contributed by atoms with E-state index in [1.807, 2.05) is 6.07 Å². The van der Waals surface area contributed by atoms with Crippen molar-refractivity contribution < 1.29 is 19.1 Å². The fraction of sp³-hybridized carbons (Fsp3) is 0.167. The van der Waals surface area contributed by atoms with Crippen molar-refractivity contribution in [3.05, 3.63) is 59.7 Å². The highest BCUT2D eigenvalue weighted by Gasteiger charge is 2.07. The molecule has 2 aromatic carbocycles. The minimum atomic E-state index is -0.442. The van der Waals surface area contributed by atoms with Gasteiger partial charge in [-0.15, -0.1) is 0 Å². The van der Waals surface area contributed by atoms with E-state index in [0.717, 1.165) is 0 Å². The maximum Gasteiger partial charge on any atom is 0.259 e. The summed E-state index contributed by atoms with van der Waals surface area (Å²) < 4.78 is 10.4. The number of hydrazone groups is 1. The van der Waals surface area contributed by atoms with Crippen LogP contribution in [0.25, 0.3) is 0 Å². The van der Waals surface area contributed by atoms with Crippen LogP contribution in [0.5, 0.6) is 11.5 Å². The molecule has 7 nitrogen and oxygen atoms in total. The molecular formula is C18H19N3O4. The van der Waals surface area contributed by atoms with E-state index in [1.54, 1.807) is 49.6 Å². The van der Waals surface area contributed by atoms with Crippen molar-refractivity contribution in [2.24, 2.45) is 5.10 Å². The molecule has 0 aromatic heterocycles. The third-order valence-corrected chi connectivity index (χ3v) is 3.28. The molecule has 130 valence electrons. The van der Waals surface area contributed by atoms with Crippen LogP contribution < -0.4 is 20.2 Å². The predicted molar refractivity (Wildman–Crippen MR) is 94.1 cm³/mol. The van der Waals surface area contributed by atoms with Crippen molar-refractivity contribution in [3.8, 4) is 11.5 Å². The fourth-order valence-electron chi connectivity index (χ4n) is 2.01. The summed E-state index contributed by atoms with van der Waals surface area (Å²) in [7, 11) is 3.09. The van der Waals surface area contributed by atoms with Gasteiger partial charge in [0.2, 0.25) is 0 Å². The number of nitrogens with one attached hydrogen (secondary N) is 2. The normalized spacial score (nSPS) is 10.3. The molecule has 7 heteroatoms. The highest BCUT2D eigenvalue weighted by Crippen LogP contribution is 2.22. The van der Waals surface area contributed by atoms with Gasteiger partial charge in [-0.1, -0.05) is 18.2 Å². The maximum atomic E-state index is 11.8. The molecule has 0 aliphatic rings. The molecule has 0 radical (unpaired) electrons. The Bertz CT molecular complexity index is 760. The van der Waals surface area contributed by atoms with E-state index in [9.17, 15) is 9.59 Å². The van der Waals surface area contributed by atoms with Gasteiger partial charge >= 0.3 is 0 Å². The number of ether oxygens (including phenoxy) is 2. The molecule has 0 spiro atoms. The molecule has 2 amide bonds. The van der Waals surface area contributed by atoms with E-state index in [0.29, 0.717) is 22.6 Å². The Morgan fingerprint density at radius 2 is 1.84 bits per heavy atom. The molecule has 2 N–H and O–H groups in total. The second-order valence-electron chi connectivity index (χ2n) is 4.95. The Balaban J connectivity index is 1.87. The summed E-state index contributed by atoms with van der Waals surface area (Å²) >= 11 is 0. The Labute approximate surface area is 145 Å². The highest BCUT2D eigenvalue weighted by molar-refractivity contribution is 5.96. The van der Waals surface area contributed by atoms with Gasteiger partial charge in [0.25, 0.3) is 11.8 Å². The molecule has 0 bridgehead atoms. The zero-order valence-electron chi connectivity index (χ0n) is 14.0. The number of rotatable bonds is 7. The quantitative estimate of drug-likeness (QED) is 0.591. The Morgan fingerprint density at radius 3 is 2.52 bits per heavy atom. The first-order valence-electron chi connectivity index (χ1n) is 7.51. The van der Waals surface area contributed by atoms with Gasteiger partial charge in [-0.25, -0.2) is 5.43 Å². The lowest BCUT2D eigenvalue weighted by molar-refractivity contribution is -0.120. The molecule has 0 aliphatic carbocycles. The third kappa shape index (κ3) is 5.35. The highest BCUT2D eigenvalue weighted by atomic mass is 16.5. The number of amides is 2. The van der Waals surface area contributed by atoms with Crippen molar-refractivity contribution in [2.45, 2.75) is 0 Å². The van der Waals surface area contributed by atoms with E-state index in [1.165, 1.54) is 13.3 Å². The third-order valence-electron chi connectivity index (χ3n) is 3.28. The summed E-state index contributed by atoms with van der Waals surface area (Å²) in [5.41, 5.74) is 3.48. The minimum Gasteiger partial charge on any atom is -0.497 e. The van der Waals surface area contributed by atoms with Crippen molar-refractivity contribution >= 4 is 18.0 Å². The number of methoxy groups -OCH3 is 2. The first kappa shape index (κ1) is 18.0. The van der Waals surface area contributed by atoms with Crippen molar-refractivity contribution in [2.75, 3.05) is 20.8 Å². The van der Waals surface area contributed by atoms with E-state index >= 15 is 0 Å². The monoisotopic (exact) mass is 341 g/mol. The van der Waals surface area contributed by atoms with Crippen LogP contribution in [0.4, 0.5) is 0 Å². The summed E-state index contributed by atoms with van der Waals surface area (Å²) in [4.78, 5) is 23.6. The standard InChI is InChI=1S/C18H19N3O4/c1-24-15-8-9-16(25-2)14(10-15)11-20-21-17(22)12-19-18(23)13-6-4-3-5-7-13/h3-11H,12H2,1-2H3,(H,19,23)(H,21,22)/b20-11-. The lowest BCUT2D eigenvalue weighted by Crippen LogP contribution is -2.34. The fourth-order valence-corrected chi connectivity index (χ4v) is 2.01. The van der Waals surface area contributed by atoms with Crippen LogP contribution in [0, 0.1) is 0 Å². The van der Waals surface area contributed by atoms with Crippen LogP contribution in [0.15, 0.2) is 53.6 Å². The van der Waals surface area contributed by atoms with Gasteiger partial charge in [0.05, 0.1) is 27.0 Å². The van der Waals surface area contributed by atoms with Crippen LogP contribution in [-0.4, -0.2) is 38.8 Å². The zero-order chi connectivity index (χ0) is 18.1. The summed E-state index contributed by atoms with van der Waals surface area (Å²) in [6.45, 7) is -0.180. The average molecular weight is 341 g/mol. The first-order valence-corrected chi connectivity index (χ1v) is 7.51. The molecule has 0 aliphatic heterocycles. The second kappa shape index (κ2) is 9.07. The number of benzene rings is 2. The molecular weight excluding hydrogens is 322 g/mol. The van der Waals surface area contributed by atoms with E-state index in [2.05, 4.69) is 15.8 Å². The van der Waals surface area contributed by atoms with Crippen LogP contribution in [0.2, 0.25) is 0 Å². The lowest BCUT2D eigenvalue weighted by Gasteiger charge is -2.07. The molecule has 2 aromatic rings. The van der Waals surface area contributed by atoms with Crippen molar-refractivity contribution in [1.29, 1.82) is 0 Å². The number of hydrogen-bond acceptors (Lipinski definition) is 5. The van der Waals surface area contributed by atoms with Gasteiger partial charge in [-0.2, -0.15) is 5.10 Å². The average Bonchev–Trinajstić information content (AvgIpc) is 2.66. The van der Waals surface area contributed by atoms with E-state index in [4.69, 9.17) is 9.47 Å². The number of carbonyl (C=O) groups excluding carboxylic acids is 2. The largest absolute Gasteiger partial charge is 0.497 e. The summed E-state index contributed by atoms with van der Waals surface area (Å²) in [6.07, 6.45) is 1.44. The van der Waals surface area contributed by atoms with Crippen molar-refractivity contribution in [3.63, 3.8) is 0 Å². The van der Waals surface area contributed by atoms with Gasteiger partial charge in [-0.05, 0) is 30.3 Å². The van der Waals surface area contributed by atoms with Crippen LogP contribution >= 0.6 is 0 Å². The number of nitrogens with zero attached hydrogens (tertiary/aromatic N) is 1. The maximum absolute atomic E-state index is 11.8. The smallest absolute Gasteiger partial charge is 0.259 e. The summed E-state index contributed by atoms with van der Waals surface area (Å²) in [6, 6.07) is 13.9. The Morgan fingerprint density at radius 1 is 1.08 bits per heavy atom. The van der Waals surface area contributed by atoms with E-state index < -0.39 is 5.91 Å². The minimum absolute atomic E-state index is 0.180. The molecule has 0 saturated heterocycles. The van der Waals surface area contributed by atoms with Gasteiger partial charge in [0.1, 0.15) is 11.5 Å². The molecule has 0 heterocycles. The Hall–Kier alpha value is -3.35. The zero-order valence-corrected chi connectivity index (χ0v) is 14.0. The van der Waals surface area contributed by atoms with E-state index in [-0.39, 0.29) is 12.5 Å². The molecule has 0 saturated carbocycles. The Kier molecular flexibility index (Phi) is 6.53. The van der Waals surface area contributed by atoms with Gasteiger partial charge in [-0.3, -0.25) is 9.59 Å². The summed E-state index contributed by atoms with van der Waals surface area (Å²) in [5.74, 6) is 0.469. The molecule has 0 unspecified atom stereocenters. The second-order valence-corrected chi connectivity index (χ2v) is 4.95. The number of carbonyl (C=O) groups is 2. The number of hydrogen-bond donors (Lipinski definition) is 2. The lowest BCUT2D eigenvalue weighted by atomic mass is 10.2. The SMILES string of the molecule is COc1ccc(OC)c(/C=N\NC(=O)CNC(=O)c2ccccc2)c1.